The van der Waals surface area contributed by atoms with Crippen molar-refractivity contribution in [3.05, 3.63) is 33.8 Å². The summed E-state index contributed by atoms with van der Waals surface area (Å²) < 4.78 is 0. The van der Waals surface area contributed by atoms with E-state index in [4.69, 9.17) is 29.0 Å². The standard InChI is InChI=1S/C8H8Cl2N2OS/c9-6-2-1-5(3-7(6)10)4-14-8(13)12-11/h1-3H,4,11H2,(H,12,13). The molecule has 0 saturated heterocycles. The van der Waals surface area contributed by atoms with Crippen molar-refractivity contribution in [3.63, 3.8) is 0 Å². The van der Waals surface area contributed by atoms with Gasteiger partial charge in [0.05, 0.1) is 10.0 Å². The van der Waals surface area contributed by atoms with Crippen molar-refractivity contribution in [2.24, 2.45) is 5.84 Å². The van der Waals surface area contributed by atoms with Crippen molar-refractivity contribution in [2.45, 2.75) is 5.75 Å². The van der Waals surface area contributed by atoms with Gasteiger partial charge in [-0.2, -0.15) is 0 Å². The number of thioether (sulfide) groups is 1. The van der Waals surface area contributed by atoms with Gasteiger partial charge in [0.25, 0.3) is 5.24 Å². The van der Waals surface area contributed by atoms with E-state index in [-0.39, 0.29) is 5.24 Å². The number of rotatable bonds is 2. The second-order valence-corrected chi connectivity index (χ2v) is 4.23. The summed E-state index contributed by atoms with van der Waals surface area (Å²) in [4.78, 5) is 10.8. The van der Waals surface area contributed by atoms with Gasteiger partial charge in [-0.15, -0.1) is 0 Å². The Morgan fingerprint density at radius 2 is 2.14 bits per heavy atom. The van der Waals surface area contributed by atoms with Crippen LogP contribution in [0.2, 0.25) is 10.0 Å². The molecule has 0 aliphatic carbocycles. The Morgan fingerprint density at radius 3 is 2.71 bits per heavy atom. The molecular weight excluding hydrogens is 243 g/mol. The van der Waals surface area contributed by atoms with E-state index in [1.165, 1.54) is 0 Å². The number of amides is 1. The van der Waals surface area contributed by atoms with Crippen LogP contribution in [-0.4, -0.2) is 5.24 Å². The lowest BCUT2D eigenvalue weighted by molar-refractivity contribution is 0.261. The molecule has 14 heavy (non-hydrogen) atoms. The van der Waals surface area contributed by atoms with Gasteiger partial charge in [0.15, 0.2) is 0 Å². The SMILES string of the molecule is NNC(=O)SCc1ccc(Cl)c(Cl)c1. The lowest BCUT2D eigenvalue weighted by atomic mass is 10.2. The van der Waals surface area contributed by atoms with E-state index >= 15 is 0 Å². The molecule has 0 aromatic heterocycles. The Hall–Kier alpha value is -0.420. The predicted octanol–water partition coefficient (Wildman–Crippen LogP) is 2.81. The Balaban J connectivity index is 2.60. The number of halogens is 2. The highest BCUT2D eigenvalue weighted by molar-refractivity contribution is 8.12. The molecule has 1 aromatic rings. The molecule has 0 saturated carbocycles. The first-order valence-corrected chi connectivity index (χ1v) is 5.45. The molecule has 3 nitrogen and oxygen atoms in total. The first-order chi connectivity index (χ1) is 6.63. The minimum atomic E-state index is -0.281. The fourth-order valence-corrected chi connectivity index (χ4v) is 1.70. The largest absolute Gasteiger partial charge is 0.293 e. The van der Waals surface area contributed by atoms with Crippen LogP contribution in [0.5, 0.6) is 0 Å². The highest BCUT2D eigenvalue weighted by Crippen LogP contribution is 2.24. The van der Waals surface area contributed by atoms with Crippen LogP contribution < -0.4 is 11.3 Å². The third-order valence-corrected chi connectivity index (χ3v) is 3.07. The van der Waals surface area contributed by atoms with Gasteiger partial charge in [0.1, 0.15) is 0 Å². The van der Waals surface area contributed by atoms with E-state index in [0.29, 0.717) is 15.8 Å². The molecule has 6 heteroatoms. The third kappa shape index (κ3) is 3.38. The normalized spacial score (nSPS) is 9.93. The number of benzene rings is 1. The summed E-state index contributed by atoms with van der Waals surface area (Å²) >= 11 is 12.6. The summed E-state index contributed by atoms with van der Waals surface area (Å²) in [5.74, 6) is 5.44. The maximum atomic E-state index is 10.8. The number of carbonyl (C=O) groups excluding carboxylic acids is 1. The van der Waals surface area contributed by atoms with E-state index in [1.54, 1.807) is 12.1 Å². The van der Waals surface area contributed by atoms with Crippen molar-refractivity contribution < 1.29 is 4.79 Å². The lowest BCUT2D eigenvalue weighted by Crippen LogP contribution is -2.25. The van der Waals surface area contributed by atoms with E-state index in [2.05, 4.69) is 0 Å². The summed E-state index contributed by atoms with van der Waals surface area (Å²) in [7, 11) is 0. The zero-order valence-corrected chi connectivity index (χ0v) is 9.42. The summed E-state index contributed by atoms with van der Waals surface area (Å²) in [5.41, 5.74) is 2.95. The van der Waals surface area contributed by atoms with E-state index in [1.807, 2.05) is 11.5 Å². The topological polar surface area (TPSA) is 55.1 Å². The summed E-state index contributed by atoms with van der Waals surface area (Å²) in [6, 6.07) is 5.23. The van der Waals surface area contributed by atoms with Gasteiger partial charge in [-0.05, 0) is 17.7 Å². The maximum absolute atomic E-state index is 10.8. The Bertz CT molecular complexity index is 346. The van der Waals surface area contributed by atoms with E-state index in [9.17, 15) is 4.79 Å². The Labute approximate surface area is 95.9 Å². The number of hydrogen-bond donors (Lipinski definition) is 2. The van der Waals surface area contributed by atoms with Gasteiger partial charge in [0.2, 0.25) is 0 Å². The smallest absolute Gasteiger partial charge is 0.285 e. The molecule has 3 N–H and O–H groups in total. The van der Waals surface area contributed by atoms with Crippen molar-refractivity contribution in [1.29, 1.82) is 0 Å². The fourth-order valence-electron chi connectivity index (χ4n) is 0.820. The van der Waals surface area contributed by atoms with Gasteiger partial charge in [-0.25, -0.2) is 5.84 Å². The van der Waals surface area contributed by atoms with Crippen LogP contribution in [0.4, 0.5) is 4.79 Å². The first-order valence-electron chi connectivity index (χ1n) is 3.71. The molecule has 1 aromatic carbocycles. The molecule has 0 aliphatic rings. The average Bonchev–Trinajstić information content (AvgIpc) is 2.19. The molecule has 0 aliphatic heterocycles. The van der Waals surface area contributed by atoms with Crippen LogP contribution in [0.25, 0.3) is 0 Å². The molecule has 76 valence electrons. The van der Waals surface area contributed by atoms with Crippen molar-refractivity contribution in [1.82, 2.24) is 5.43 Å². The summed E-state index contributed by atoms with van der Waals surface area (Å²) in [6.07, 6.45) is 0. The molecule has 0 heterocycles. The molecule has 0 spiro atoms. The van der Waals surface area contributed by atoms with Gasteiger partial charge < -0.3 is 0 Å². The van der Waals surface area contributed by atoms with Crippen LogP contribution in [-0.2, 0) is 5.75 Å². The molecule has 1 rings (SSSR count). The van der Waals surface area contributed by atoms with Crippen molar-refractivity contribution in [3.8, 4) is 0 Å². The molecular formula is C8H8Cl2N2OS. The van der Waals surface area contributed by atoms with Gasteiger partial charge >= 0.3 is 0 Å². The molecule has 0 bridgehead atoms. The third-order valence-electron chi connectivity index (χ3n) is 1.47. The quantitative estimate of drug-likeness (QED) is 0.482. The molecule has 1 amide bonds. The van der Waals surface area contributed by atoms with Gasteiger partial charge in [-0.3, -0.25) is 10.2 Å². The van der Waals surface area contributed by atoms with E-state index < -0.39 is 0 Å². The predicted molar refractivity (Wildman–Crippen MR) is 60.5 cm³/mol. The second-order valence-electron chi connectivity index (χ2n) is 2.47. The van der Waals surface area contributed by atoms with Crippen molar-refractivity contribution >= 4 is 40.2 Å². The highest BCUT2D eigenvalue weighted by atomic mass is 35.5. The van der Waals surface area contributed by atoms with Crippen LogP contribution in [0, 0.1) is 0 Å². The molecule has 0 radical (unpaired) electrons. The lowest BCUT2D eigenvalue weighted by Gasteiger charge is -2.02. The summed E-state index contributed by atoms with van der Waals surface area (Å²) in [6.45, 7) is 0. The van der Waals surface area contributed by atoms with E-state index in [0.717, 1.165) is 17.3 Å². The maximum Gasteiger partial charge on any atom is 0.293 e. The van der Waals surface area contributed by atoms with Crippen LogP contribution in [0.1, 0.15) is 5.56 Å². The first kappa shape index (κ1) is 11.7. The van der Waals surface area contributed by atoms with Gasteiger partial charge in [-0.1, -0.05) is 41.0 Å². The summed E-state index contributed by atoms with van der Waals surface area (Å²) in [5, 5.41) is 0.706. The van der Waals surface area contributed by atoms with Crippen molar-refractivity contribution in [2.75, 3.05) is 0 Å². The number of hydrazine groups is 1. The number of carbonyl (C=O) groups is 1. The van der Waals surface area contributed by atoms with Crippen LogP contribution >= 0.6 is 35.0 Å². The average molecular weight is 251 g/mol. The monoisotopic (exact) mass is 250 g/mol. The highest BCUT2D eigenvalue weighted by Gasteiger charge is 2.02. The van der Waals surface area contributed by atoms with Crippen LogP contribution in [0.15, 0.2) is 18.2 Å². The molecule has 0 fully saturated rings. The number of hydrogen-bond acceptors (Lipinski definition) is 3. The number of nitrogens with two attached hydrogens (primary N) is 1. The fraction of sp³-hybridized carbons (Fsp3) is 0.125. The minimum absolute atomic E-state index is 0.281. The minimum Gasteiger partial charge on any atom is -0.285 e. The van der Waals surface area contributed by atoms with Crippen LogP contribution in [0.3, 0.4) is 0 Å². The van der Waals surface area contributed by atoms with Gasteiger partial charge in [0, 0.05) is 5.75 Å². The number of nitrogens with one attached hydrogen (secondary N) is 1. The molecule has 0 unspecified atom stereocenters. The molecule has 0 atom stereocenters. The zero-order chi connectivity index (χ0) is 10.6. The second kappa shape index (κ2) is 5.46. The Morgan fingerprint density at radius 1 is 1.43 bits per heavy atom. The zero-order valence-electron chi connectivity index (χ0n) is 7.09. The Kier molecular flexibility index (Phi) is 4.54.